The highest BCUT2D eigenvalue weighted by atomic mass is 35.5. The van der Waals surface area contributed by atoms with E-state index in [-0.39, 0.29) is 5.38 Å². The van der Waals surface area contributed by atoms with Gasteiger partial charge in [-0.15, -0.1) is 11.6 Å². The first-order valence-corrected chi connectivity index (χ1v) is 3.38. The van der Waals surface area contributed by atoms with Gasteiger partial charge in [0.05, 0.1) is 12.0 Å². The van der Waals surface area contributed by atoms with Crippen molar-refractivity contribution >= 4 is 11.6 Å². The van der Waals surface area contributed by atoms with Crippen LogP contribution in [0.25, 0.3) is 0 Å². The standard InChI is InChI=1S/C6H14ClNO/c1-8(2)4-6(7)5-9-3/h6H,4-5H2,1-3H3. The van der Waals surface area contributed by atoms with Crippen LogP contribution in [0, 0.1) is 0 Å². The van der Waals surface area contributed by atoms with Crippen LogP contribution >= 0.6 is 11.6 Å². The van der Waals surface area contributed by atoms with Gasteiger partial charge in [-0.25, -0.2) is 0 Å². The summed E-state index contributed by atoms with van der Waals surface area (Å²) in [4.78, 5) is 2.04. The van der Waals surface area contributed by atoms with Crippen LogP contribution in [-0.4, -0.2) is 44.6 Å². The van der Waals surface area contributed by atoms with Gasteiger partial charge in [-0.3, -0.25) is 0 Å². The lowest BCUT2D eigenvalue weighted by atomic mass is 10.4. The first-order valence-electron chi connectivity index (χ1n) is 2.94. The van der Waals surface area contributed by atoms with Crippen LogP contribution in [0.2, 0.25) is 0 Å². The number of nitrogens with zero attached hydrogens (tertiary/aromatic N) is 1. The summed E-state index contributed by atoms with van der Waals surface area (Å²) >= 11 is 5.81. The maximum absolute atomic E-state index is 5.81. The number of ether oxygens (including phenoxy) is 1. The Morgan fingerprint density at radius 2 is 2.11 bits per heavy atom. The summed E-state index contributed by atoms with van der Waals surface area (Å²) in [7, 11) is 5.64. The molecule has 1 atom stereocenters. The first-order chi connectivity index (χ1) is 4.16. The second kappa shape index (κ2) is 5.03. The van der Waals surface area contributed by atoms with E-state index in [1.807, 2.05) is 19.0 Å². The van der Waals surface area contributed by atoms with Crippen LogP contribution in [0.1, 0.15) is 0 Å². The van der Waals surface area contributed by atoms with Crippen molar-refractivity contribution in [2.45, 2.75) is 5.38 Å². The van der Waals surface area contributed by atoms with Crippen molar-refractivity contribution in [3.05, 3.63) is 0 Å². The van der Waals surface area contributed by atoms with Crippen LogP contribution in [0.15, 0.2) is 0 Å². The predicted molar refractivity (Wildman–Crippen MR) is 40.1 cm³/mol. The third-order valence-electron chi connectivity index (χ3n) is 0.911. The van der Waals surface area contributed by atoms with Crippen molar-refractivity contribution in [3.63, 3.8) is 0 Å². The SMILES string of the molecule is COCC(Cl)CN(C)C. The minimum Gasteiger partial charge on any atom is -0.383 e. The summed E-state index contributed by atoms with van der Waals surface area (Å²) in [6, 6.07) is 0. The molecule has 0 aromatic heterocycles. The van der Waals surface area contributed by atoms with Crippen molar-refractivity contribution < 1.29 is 4.74 Å². The van der Waals surface area contributed by atoms with E-state index >= 15 is 0 Å². The average Bonchev–Trinajstić information content (AvgIpc) is 1.63. The monoisotopic (exact) mass is 151 g/mol. The Hall–Kier alpha value is 0.210. The molecule has 0 amide bonds. The topological polar surface area (TPSA) is 12.5 Å². The maximum Gasteiger partial charge on any atom is 0.0696 e. The van der Waals surface area contributed by atoms with Gasteiger partial charge in [0.15, 0.2) is 0 Å². The Balaban J connectivity index is 3.15. The second-order valence-corrected chi connectivity index (χ2v) is 2.93. The molecule has 0 spiro atoms. The van der Waals surface area contributed by atoms with Crippen LogP contribution < -0.4 is 0 Å². The molecular formula is C6H14ClNO. The molecule has 0 bridgehead atoms. The minimum atomic E-state index is 0.116. The lowest BCUT2D eigenvalue weighted by Crippen LogP contribution is -2.25. The van der Waals surface area contributed by atoms with Crippen molar-refractivity contribution in [3.8, 4) is 0 Å². The van der Waals surface area contributed by atoms with Gasteiger partial charge in [0.25, 0.3) is 0 Å². The van der Waals surface area contributed by atoms with Gasteiger partial charge in [0.2, 0.25) is 0 Å². The van der Waals surface area contributed by atoms with E-state index in [9.17, 15) is 0 Å². The molecule has 0 saturated heterocycles. The fraction of sp³-hybridized carbons (Fsp3) is 1.00. The number of hydrogen-bond donors (Lipinski definition) is 0. The molecular weight excluding hydrogens is 138 g/mol. The third-order valence-corrected chi connectivity index (χ3v) is 1.17. The van der Waals surface area contributed by atoms with Gasteiger partial charge in [0, 0.05) is 13.7 Å². The van der Waals surface area contributed by atoms with Crippen LogP contribution in [-0.2, 0) is 4.74 Å². The lowest BCUT2D eigenvalue weighted by molar-refractivity contribution is 0.187. The van der Waals surface area contributed by atoms with E-state index in [1.165, 1.54) is 0 Å². The van der Waals surface area contributed by atoms with E-state index < -0.39 is 0 Å². The van der Waals surface area contributed by atoms with Gasteiger partial charge < -0.3 is 9.64 Å². The molecule has 0 heterocycles. The van der Waals surface area contributed by atoms with Gasteiger partial charge in [-0.05, 0) is 14.1 Å². The molecule has 0 fully saturated rings. The molecule has 0 aromatic rings. The van der Waals surface area contributed by atoms with E-state index in [4.69, 9.17) is 16.3 Å². The molecule has 0 rings (SSSR count). The van der Waals surface area contributed by atoms with Crippen molar-refractivity contribution in [2.75, 3.05) is 34.4 Å². The highest BCUT2D eigenvalue weighted by Crippen LogP contribution is 1.96. The fourth-order valence-electron chi connectivity index (χ4n) is 0.630. The molecule has 0 saturated carbocycles. The number of alkyl halides is 1. The highest BCUT2D eigenvalue weighted by Gasteiger charge is 2.03. The van der Waals surface area contributed by atoms with Crippen LogP contribution in [0.3, 0.4) is 0 Å². The summed E-state index contributed by atoms with van der Waals surface area (Å²) in [6.07, 6.45) is 0. The summed E-state index contributed by atoms with van der Waals surface area (Å²) in [6.45, 7) is 1.50. The van der Waals surface area contributed by atoms with Gasteiger partial charge in [-0.2, -0.15) is 0 Å². The van der Waals surface area contributed by atoms with Crippen LogP contribution in [0.5, 0.6) is 0 Å². The highest BCUT2D eigenvalue weighted by molar-refractivity contribution is 6.20. The summed E-state index contributed by atoms with van der Waals surface area (Å²) in [5, 5.41) is 0.116. The molecule has 9 heavy (non-hydrogen) atoms. The molecule has 0 radical (unpaired) electrons. The Bertz CT molecular complexity index is 68.1. The number of halogens is 1. The number of rotatable bonds is 4. The minimum absolute atomic E-state index is 0.116. The Morgan fingerprint density at radius 3 is 2.44 bits per heavy atom. The van der Waals surface area contributed by atoms with E-state index in [1.54, 1.807) is 7.11 Å². The molecule has 0 aliphatic heterocycles. The number of methoxy groups -OCH3 is 1. The van der Waals surface area contributed by atoms with E-state index in [0.29, 0.717) is 6.61 Å². The van der Waals surface area contributed by atoms with E-state index in [0.717, 1.165) is 6.54 Å². The molecule has 0 aromatic carbocycles. The quantitative estimate of drug-likeness (QED) is 0.552. The molecule has 0 aliphatic rings. The van der Waals surface area contributed by atoms with Gasteiger partial charge in [-0.1, -0.05) is 0 Å². The largest absolute Gasteiger partial charge is 0.383 e. The zero-order chi connectivity index (χ0) is 7.28. The second-order valence-electron chi connectivity index (χ2n) is 2.31. The molecule has 0 N–H and O–H groups in total. The molecule has 56 valence electrons. The summed E-state index contributed by atoms with van der Waals surface area (Å²) < 4.78 is 4.85. The predicted octanol–water partition coefficient (Wildman–Crippen LogP) is 0.802. The zero-order valence-electron chi connectivity index (χ0n) is 6.22. The molecule has 1 unspecified atom stereocenters. The molecule has 0 aliphatic carbocycles. The van der Waals surface area contributed by atoms with E-state index in [2.05, 4.69) is 0 Å². The third kappa shape index (κ3) is 6.09. The maximum atomic E-state index is 5.81. The Morgan fingerprint density at radius 1 is 1.56 bits per heavy atom. The fourth-order valence-corrected chi connectivity index (χ4v) is 1.03. The van der Waals surface area contributed by atoms with Gasteiger partial charge in [0.1, 0.15) is 0 Å². The van der Waals surface area contributed by atoms with Gasteiger partial charge >= 0.3 is 0 Å². The smallest absolute Gasteiger partial charge is 0.0696 e. The van der Waals surface area contributed by atoms with Crippen LogP contribution in [0.4, 0.5) is 0 Å². The normalized spacial score (nSPS) is 14.3. The van der Waals surface area contributed by atoms with Crippen molar-refractivity contribution in [1.82, 2.24) is 4.90 Å². The Labute approximate surface area is 61.7 Å². The summed E-state index contributed by atoms with van der Waals surface area (Å²) in [5.74, 6) is 0. The Kier molecular flexibility index (Phi) is 5.15. The first kappa shape index (κ1) is 9.21. The zero-order valence-corrected chi connectivity index (χ0v) is 6.98. The molecule has 3 heteroatoms. The van der Waals surface area contributed by atoms with Crippen molar-refractivity contribution in [2.24, 2.45) is 0 Å². The lowest BCUT2D eigenvalue weighted by Gasteiger charge is -2.13. The summed E-state index contributed by atoms with van der Waals surface area (Å²) in [5.41, 5.74) is 0. The molecule has 2 nitrogen and oxygen atoms in total. The number of hydrogen-bond acceptors (Lipinski definition) is 2. The average molecular weight is 152 g/mol. The van der Waals surface area contributed by atoms with Crippen molar-refractivity contribution in [1.29, 1.82) is 0 Å².